The number of nitrogen functional groups attached to an aromatic ring is 1. The Kier molecular flexibility index (Phi) is 3.92. The van der Waals surface area contributed by atoms with Crippen molar-refractivity contribution >= 4 is 35.1 Å². The maximum absolute atomic E-state index is 6.02. The number of benzene rings is 1. The molecule has 1 aromatic heterocycles. The number of ether oxygens (including phenoxy) is 1. The Morgan fingerprint density at radius 1 is 1.16 bits per heavy atom. The second-order valence-corrected chi connectivity index (χ2v) is 4.61. The van der Waals surface area contributed by atoms with Gasteiger partial charge in [-0.25, -0.2) is 0 Å². The van der Waals surface area contributed by atoms with Gasteiger partial charge in [-0.15, -0.1) is 0 Å². The van der Waals surface area contributed by atoms with E-state index in [-0.39, 0.29) is 17.0 Å². The molecule has 1 heterocycles. The smallest absolute Gasteiger partial charge is 0.328 e. The second-order valence-electron chi connectivity index (χ2n) is 3.82. The van der Waals surface area contributed by atoms with Crippen LogP contribution in [0.2, 0.25) is 10.0 Å². The maximum Gasteiger partial charge on any atom is 0.328 e. The summed E-state index contributed by atoms with van der Waals surface area (Å²) in [6.45, 7) is 0. The van der Waals surface area contributed by atoms with Crippen LogP contribution in [0.3, 0.4) is 0 Å². The van der Waals surface area contributed by atoms with Gasteiger partial charge in [-0.1, -0.05) is 29.3 Å². The van der Waals surface area contributed by atoms with Gasteiger partial charge < -0.3 is 15.4 Å². The first-order valence-corrected chi connectivity index (χ1v) is 6.03. The molecule has 0 aliphatic rings. The SMILES string of the molecule is CN(C)c1nc(N)nc(Oc2cccc(Cl)c2Cl)n1. The van der Waals surface area contributed by atoms with Gasteiger partial charge in [0.25, 0.3) is 0 Å². The van der Waals surface area contributed by atoms with Crippen LogP contribution >= 0.6 is 23.2 Å². The lowest BCUT2D eigenvalue weighted by Gasteiger charge is -2.12. The Balaban J connectivity index is 2.35. The fraction of sp³-hybridized carbons (Fsp3) is 0.182. The topological polar surface area (TPSA) is 77.2 Å². The van der Waals surface area contributed by atoms with Crippen LogP contribution in [0, 0.1) is 0 Å². The minimum Gasteiger partial charge on any atom is -0.422 e. The van der Waals surface area contributed by atoms with E-state index in [9.17, 15) is 0 Å². The van der Waals surface area contributed by atoms with Crippen molar-refractivity contribution in [2.75, 3.05) is 24.7 Å². The zero-order valence-electron chi connectivity index (χ0n) is 10.3. The molecule has 6 nitrogen and oxygen atoms in total. The van der Waals surface area contributed by atoms with Crippen molar-refractivity contribution in [2.24, 2.45) is 0 Å². The van der Waals surface area contributed by atoms with E-state index in [0.717, 1.165) is 0 Å². The number of anilines is 2. The van der Waals surface area contributed by atoms with E-state index < -0.39 is 0 Å². The summed E-state index contributed by atoms with van der Waals surface area (Å²) < 4.78 is 5.48. The largest absolute Gasteiger partial charge is 0.422 e. The van der Waals surface area contributed by atoms with Crippen molar-refractivity contribution in [3.05, 3.63) is 28.2 Å². The van der Waals surface area contributed by atoms with Gasteiger partial charge >= 0.3 is 6.01 Å². The first-order chi connectivity index (χ1) is 8.97. The van der Waals surface area contributed by atoms with Crippen LogP contribution in [0.5, 0.6) is 11.8 Å². The van der Waals surface area contributed by atoms with Gasteiger partial charge in [0.2, 0.25) is 11.9 Å². The number of aromatic nitrogens is 3. The predicted molar refractivity (Wildman–Crippen MR) is 75.1 cm³/mol. The van der Waals surface area contributed by atoms with Crippen LogP contribution < -0.4 is 15.4 Å². The van der Waals surface area contributed by atoms with Gasteiger partial charge in [-0.05, 0) is 12.1 Å². The minimum atomic E-state index is 0.0559. The molecule has 0 saturated carbocycles. The van der Waals surface area contributed by atoms with Crippen molar-refractivity contribution in [1.29, 1.82) is 0 Å². The van der Waals surface area contributed by atoms with Crippen molar-refractivity contribution in [3.8, 4) is 11.8 Å². The van der Waals surface area contributed by atoms with E-state index in [1.165, 1.54) is 0 Å². The third-order valence-electron chi connectivity index (χ3n) is 2.14. The fourth-order valence-corrected chi connectivity index (χ4v) is 1.60. The molecule has 0 aliphatic carbocycles. The summed E-state index contributed by atoms with van der Waals surface area (Å²) in [6, 6.07) is 5.08. The van der Waals surface area contributed by atoms with Crippen LogP contribution in [-0.4, -0.2) is 29.0 Å². The highest BCUT2D eigenvalue weighted by molar-refractivity contribution is 6.42. The highest BCUT2D eigenvalue weighted by Crippen LogP contribution is 2.33. The number of nitrogens with zero attached hydrogens (tertiary/aromatic N) is 4. The van der Waals surface area contributed by atoms with Crippen LogP contribution in [0.25, 0.3) is 0 Å². The third kappa shape index (κ3) is 3.15. The van der Waals surface area contributed by atoms with Crippen LogP contribution in [0.15, 0.2) is 18.2 Å². The maximum atomic E-state index is 6.02. The molecule has 0 amide bonds. The van der Waals surface area contributed by atoms with E-state index in [4.69, 9.17) is 33.7 Å². The highest BCUT2D eigenvalue weighted by atomic mass is 35.5. The normalized spacial score (nSPS) is 10.3. The Bertz CT molecular complexity index is 606. The van der Waals surface area contributed by atoms with E-state index in [1.807, 2.05) is 0 Å². The van der Waals surface area contributed by atoms with E-state index in [2.05, 4.69) is 15.0 Å². The molecule has 2 N–H and O–H groups in total. The van der Waals surface area contributed by atoms with Gasteiger partial charge in [0.05, 0.1) is 5.02 Å². The van der Waals surface area contributed by atoms with Gasteiger partial charge in [-0.3, -0.25) is 0 Å². The van der Waals surface area contributed by atoms with Gasteiger partial charge in [0, 0.05) is 14.1 Å². The average molecular weight is 300 g/mol. The lowest BCUT2D eigenvalue weighted by Crippen LogP contribution is -2.15. The quantitative estimate of drug-likeness (QED) is 0.939. The lowest BCUT2D eigenvalue weighted by atomic mass is 10.3. The summed E-state index contributed by atoms with van der Waals surface area (Å²) in [5.74, 6) is 0.803. The molecular formula is C11H11Cl2N5O. The highest BCUT2D eigenvalue weighted by Gasteiger charge is 2.11. The zero-order chi connectivity index (χ0) is 14.0. The molecule has 0 spiro atoms. The monoisotopic (exact) mass is 299 g/mol. The molecule has 2 rings (SSSR count). The molecule has 0 saturated heterocycles. The molecule has 1 aromatic carbocycles. The summed E-state index contributed by atoms with van der Waals surface area (Å²) in [6.07, 6.45) is 0. The molecule has 0 fully saturated rings. The fourth-order valence-electron chi connectivity index (χ4n) is 1.27. The minimum absolute atomic E-state index is 0.0559. The average Bonchev–Trinajstić information content (AvgIpc) is 2.34. The summed E-state index contributed by atoms with van der Waals surface area (Å²) in [4.78, 5) is 13.6. The molecule has 0 aliphatic heterocycles. The standard InChI is InChI=1S/C11H11Cl2N5O/c1-18(2)10-15-9(14)16-11(17-10)19-7-5-3-4-6(12)8(7)13/h3-5H,1-2H3,(H2,14,15,16,17). The summed E-state index contributed by atoms with van der Waals surface area (Å²) in [5, 5.41) is 0.670. The van der Waals surface area contributed by atoms with Crippen LogP contribution in [0.1, 0.15) is 0 Å². The molecule has 0 radical (unpaired) electrons. The third-order valence-corrected chi connectivity index (χ3v) is 2.94. The van der Waals surface area contributed by atoms with E-state index >= 15 is 0 Å². The van der Waals surface area contributed by atoms with Gasteiger partial charge in [0.1, 0.15) is 5.02 Å². The zero-order valence-corrected chi connectivity index (χ0v) is 11.8. The molecule has 0 unspecified atom stereocenters. The molecule has 19 heavy (non-hydrogen) atoms. The molecule has 100 valence electrons. The van der Waals surface area contributed by atoms with Gasteiger partial charge in [0.15, 0.2) is 5.75 Å². The number of hydrogen-bond acceptors (Lipinski definition) is 6. The van der Waals surface area contributed by atoms with E-state index in [1.54, 1.807) is 37.2 Å². The summed E-state index contributed by atoms with van der Waals surface area (Å²) >= 11 is 11.9. The lowest BCUT2D eigenvalue weighted by molar-refractivity contribution is 0.441. The Labute approximate surface area is 120 Å². The number of nitrogens with two attached hydrogens (primary N) is 1. The van der Waals surface area contributed by atoms with Crippen molar-refractivity contribution in [3.63, 3.8) is 0 Å². The van der Waals surface area contributed by atoms with Crippen LogP contribution in [-0.2, 0) is 0 Å². The molecule has 8 heteroatoms. The Morgan fingerprint density at radius 2 is 1.89 bits per heavy atom. The number of halogens is 2. The summed E-state index contributed by atoms with van der Waals surface area (Å²) in [7, 11) is 3.57. The first kappa shape index (κ1) is 13.6. The predicted octanol–water partition coefficient (Wildman–Crippen LogP) is 2.62. The molecule has 2 aromatic rings. The van der Waals surface area contributed by atoms with Crippen molar-refractivity contribution in [2.45, 2.75) is 0 Å². The van der Waals surface area contributed by atoms with Gasteiger partial charge in [-0.2, -0.15) is 15.0 Å². The molecule has 0 atom stereocenters. The van der Waals surface area contributed by atoms with Crippen molar-refractivity contribution < 1.29 is 4.74 Å². The molecule has 0 bridgehead atoms. The Morgan fingerprint density at radius 3 is 2.58 bits per heavy atom. The number of hydrogen-bond donors (Lipinski definition) is 1. The second kappa shape index (κ2) is 5.46. The van der Waals surface area contributed by atoms with Crippen LogP contribution in [0.4, 0.5) is 11.9 Å². The van der Waals surface area contributed by atoms with E-state index in [0.29, 0.717) is 16.7 Å². The number of rotatable bonds is 3. The first-order valence-electron chi connectivity index (χ1n) is 5.28. The summed E-state index contributed by atoms with van der Waals surface area (Å²) in [5.41, 5.74) is 5.59. The Hall–Kier alpha value is -1.79. The molecular weight excluding hydrogens is 289 g/mol. The van der Waals surface area contributed by atoms with Crippen molar-refractivity contribution in [1.82, 2.24) is 15.0 Å².